The van der Waals surface area contributed by atoms with E-state index < -0.39 is 5.91 Å². The van der Waals surface area contributed by atoms with Crippen molar-refractivity contribution in [1.29, 1.82) is 0 Å². The molecule has 3 N–H and O–H groups in total. The van der Waals surface area contributed by atoms with E-state index in [-0.39, 0.29) is 0 Å². The van der Waals surface area contributed by atoms with Crippen LogP contribution in [0.4, 0.5) is 11.4 Å². The fourth-order valence-electron chi connectivity index (χ4n) is 1.62. The van der Waals surface area contributed by atoms with Crippen LogP contribution in [0.3, 0.4) is 0 Å². The van der Waals surface area contributed by atoms with E-state index in [1.807, 2.05) is 24.3 Å². The van der Waals surface area contributed by atoms with Crippen molar-refractivity contribution in [2.24, 2.45) is 0 Å². The Balaban J connectivity index is 2.75. The van der Waals surface area contributed by atoms with Crippen LogP contribution >= 0.6 is 0 Å². The first-order valence-electron chi connectivity index (χ1n) is 5.54. The molecule has 1 rings (SSSR count). The largest absolute Gasteiger partial charge is 0.372 e. The summed E-state index contributed by atoms with van der Waals surface area (Å²) in [5.74, 6) is -1.88. The molecule has 16 heavy (non-hydrogen) atoms. The minimum absolute atomic E-state index is 0.684. The molecule has 4 heteroatoms. The lowest BCUT2D eigenvalue weighted by Crippen LogP contribution is -2.33. The Morgan fingerprint density at radius 2 is 1.62 bits per heavy atom. The van der Waals surface area contributed by atoms with Gasteiger partial charge in [0.2, 0.25) is 5.91 Å². The third-order valence-corrected chi connectivity index (χ3v) is 2.38. The van der Waals surface area contributed by atoms with Gasteiger partial charge in [0.1, 0.15) is 0 Å². The predicted octanol–water partition coefficient (Wildman–Crippen LogP) is 1.60. The van der Waals surface area contributed by atoms with Gasteiger partial charge in [0.05, 0.1) is 0 Å². The maximum absolute atomic E-state index is 9.18. The molecule has 1 aromatic carbocycles. The Morgan fingerprint density at radius 1 is 1.12 bits per heavy atom. The molecular weight excluding hydrogens is 204 g/mol. The molecule has 0 saturated carbocycles. The number of aliphatic hydroxyl groups is 2. The monoisotopic (exact) mass is 224 g/mol. The molecule has 0 aliphatic carbocycles. The number of rotatable bonds is 5. The number of nitrogens with zero attached hydrogens (tertiary/aromatic N) is 1. The van der Waals surface area contributed by atoms with Gasteiger partial charge in [0, 0.05) is 31.4 Å². The zero-order valence-electron chi connectivity index (χ0n) is 10.1. The van der Waals surface area contributed by atoms with Gasteiger partial charge in [-0.3, -0.25) is 0 Å². The van der Waals surface area contributed by atoms with Gasteiger partial charge in [-0.2, -0.15) is 0 Å². The molecule has 0 amide bonds. The molecule has 0 radical (unpaired) electrons. The van der Waals surface area contributed by atoms with E-state index in [0.29, 0.717) is 5.69 Å². The second kappa shape index (κ2) is 5.18. The first-order chi connectivity index (χ1) is 7.46. The van der Waals surface area contributed by atoms with E-state index in [0.717, 1.165) is 18.8 Å². The minimum atomic E-state index is -1.88. The van der Waals surface area contributed by atoms with Crippen LogP contribution in [0.25, 0.3) is 0 Å². The second-order valence-corrected chi connectivity index (χ2v) is 3.86. The van der Waals surface area contributed by atoms with Gasteiger partial charge < -0.3 is 20.4 Å². The quantitative estimate of drug-likeness (QED) is 0.665. The van der Waals surface area contributed by atoms with E-state index >= 15 is 0 Å². The Kier molecular flexibility index (Phi) is 4.15. The molecule has 0 aliphatic rings. The van der Waals surface area contributed by atoms with Gasteiger partial charge in [0.25, 0.3) is 0 Å². The van der Waals surface area contributed by atoms with Gasteiger partial charge >= 0.3 is 0 Å². The molecule has 0 aromatic heterocycles. The van der Waals surface area contributed by atoms with Crippen molar-refractivity contribution in [1.82, 2.24) is 0 Å². The fraction of sp³-hybridized carbons (Fsp3) is 0.500. The Morgan fingerprint density at radius 3 is 2.00 bits per heavy atom. The van der Waals surface area contributed by atoms with Crippen LogP contribution in [0.2, 0.25) is 0 Å². The van der Waals surface area contributed by atoms with Crippen molar-refractivity contribution < 1.29 is 10.2 Å². The highest BCUT2D eigenvalue weighted by molar-refractivity contribution is 5.55. The van der Waals surface area contributed by atoms with Gasteiger partial charge in [-0.25, -0.2) is 0 Å². The SMILES string of the molecule is CCN(CC)c1ccc(NC(C)(O)O)cc1. The highest BCUT2D eigenvalue weighted by Gasteiger charge is 2.13. The van der Waals surface area contributed by atoms with Crippen molar-refractivity contribution in [3.8, 4) is 0 Å². The van der Waals surface area contributed by atoms with Crippen molar-refractivity contribution in [2.45, 2.75) is 26.7 Å². The normalized spacial score (nSPS) is 11.3. The minimum Gasteiger partial charge on any atom is -0.372 e. The van der Waals surface area contributed by atoms with E-state index in [4.69, 9.17) is 0 Å². The Hall–Kier alpha value is -1.26. The highest BCUT2D eigenvalue weighted by atomic mass is 16.5. The maximum Gasteiger partial charge on any atom is 0.241 e. The average molecular weight is 224 g/mol. The van der Waals surface area contributed by atoms with Crippen LogP contribution in [-0.2, 0) is 0 Å². The summed E-state index contributed by atoms with van der Waals surface area (Å²) in [5, 5.41) is 20.9. The van der Waals surface area contributed by atoms with Crippen molar-refractivity contribution >= 4 is 11.4 Å². The van der Waals surface area contributed by atoms with Crippen LogP contribution in [0.1, 0.15) is 20.8 Å². The highest BCUT2D eigenvalue weighted by Crippen LogP contribution is 2.19. The predicted molar refractivity (Wildman–Crippen MR) is 66.5 cm³/mol. The Bertz CT molecular complexity index is 313. The van der Waals surface area contributed by atoms with Crippen LogP contribution in [0, 0.1) is 0 Å². The fourth-order valence-corrected chi connectivity index (χ4v) is 1.62. The summed E-state index contributed by atoms with van der Waals surface area (Å²) in [7, 11) is 0. The summed E-state index contributed by atoms with van der Waals surface area (Å²) < 4.78 is 0. The smallest absolute Gasteiger partial charge is 0.241 e. The van der Waals surface area contributed by atoms with E-state index in [9.17, 15) is 10.2 Å². The molecule has 4 nitrogen and oxygen atoms in total. The maximum atomic E-state index is 9.18. The van der Waals surface area contributed by atoms with E-state index in [1.54, 1.807) is 0 Å². The van der Waals surface area contributed by atoms with Crippen molar-refractivity contribution in [3.05, 3.63) is 24.3 Å². The number of hydrogen-bond acceptors (Lipinski definition) is 4. The van der Waals surface area contributed by atoms with Crippen molar-refractivity contribution in [3.63, 3.8) is 0 Å². The summed E-state index contributed by atoms with van der Waals surface area (Å²) in [6, 6.07) is 7.58. The number of anilines is 2. The lowest BCUT2D eigenvalue weighted by molar-refractivity contribution is -0.118. The second-order valence-electron chi connectivity index (χ2n) is 3.86. The number of benzene rings is 1. The van der Waals surface area contributed by atoms with Crippen LogP contribution in [0.5, 0.6) is 0 Å². The van der Waals surface area contributed by atoms with Crippen LogP contribution in [0.15, 0.2) is 24.3 Å². The first kappa shape index (κ1) is 12.8. The summed E-state index contributed by atoms with van der Waals surface area (Å²) in [4.78, 5) is 2.22. The molecule has 0 fully saturated rings. The average Bonchev–Trinajstić information content (AvgIpc) is 2.20. The molecule has 0 unspecified atom stereocenters. The van der Waals surface area contributed by atoms with Gasteiger partial charge in [-0.15, -0.1) is 0 Å². The molecular formula is C12H20N2O2. The van der Waals surface area contributed by atoms with Gasteiger partial charge in [-0.1, -0.05) is 0 Å². The molecule has 0 heterocycles. The summed E-state index contributed by atoms with van der Waals surface area (Å²) in [6.45, 7) is 7.41. The van der Waals surface area contributed by atoms with E-state index in [1.165, 1.54) is 6.92 Å². The van der Waals surface area contributed by atoms with E-state index in [2.05, 4.69) is 24.1 Å². The molecule has 0 atom stereocenters. The van der Waals surface area contributed by atoms with Gasteiger partial charge in [0.15, 0.2) is 0 Å². The first-order valence-corrected chi connectivity index (χ1v) is 5.54. The topological polar surface area (TPSA) is 55.7 Å². The molecule has 90 valence electrons. The third-order valence-electron chi connectivity index (χ3n) is 2.38. The number of nitrogens with one attached hydrogen (secondary N) is 1. The van der Waals surface area contributed by atoms with Crippen LogP contribution in [-0.4, -0.2) is 29.2 Å². The Labute approximate surface area is 96.5 Å². The van der Waals surface area contributed by atoms with Gasteiger partial charge in [-0.05, 0) is 38.1 Å². The lowest BCUT2D eigenvalue weighted by Gasteiger charge is -2.22. The zero-order chi connectivity index (χ0) is 12.2. The number of hydrogen-bond donors (Lipinski definition) is 3. The third kappa shape index (κ3) is 3.72. The van der Waals surface area contributed by atoms with Crippen molar-refractivity contribution in [2.75, 3.05) is 23.3 Å². The lowest BCUT2D eigenvalue weighted by atomic mass is 10.2. The van der Waals surface area contributed by atoms with Crippen LogP contribution < -0.4 is 10.2 Å². The molecule has 0 aliphatic heterocycles. The standard InChI is InChI=1S/C12H20N2O2/c1-4-14(5-2)11-8-6-10(7-9-11)13-12(3,15)16/h6-9,13,15-16H,4-5H2,1-3H3. The molecule has 0 saturated heterocycles. The summed E-state index contributed by atoms with van der Waals surface area (Å²) >= 11 is 0. The summed E-state index contributed by atoms with van der Waals surface area (Å²) in [5.41, 5.74) is 1.82. The summed E-state index contributed by atoms with van der Waals surface area (Å²) in [6.07, 6.45) is 0. The molecule has 0 bridgehead atoms. The molecule has 0 spiro atoms. The zero-order valence-corrected chi connectivity index (χ0v) is 10.1. The molecule has 1 aromatic rings.